The first-order chi connectivity index (χ1) is 12.6. The van der Waals surface area contributed by atoms with Crippen molar-refractivity contribution in [3.8, 4) is 0 Å². The smallest absolute Gasteiger partial charge is 0.318 e. The molecule has 1 aliphatic rings. The summed E-state index contributed by atoms with van der Waals surface area (Å²) in [6.07, 6.45) is 2.00. The van der Waals surface area contributed by atoms with Gasteiger partial charge < -0.3 is 5.32 Å². The third-order valence-corrected chi connectivity index (χ3v) is 5.06. The van der Waals surface area contributed by atoms with Crippen molar-refractivity contribution in [3.05, 3.63) is 60.3 Å². The molecular formula is C18H18N4O3S. The molecule has 2 heterocycles. The van der Waals surface area contributed by atoms with Gasteiger partial charge in [0.05, 0.1) is 10.8 Å². The van der Waals surface area contributed by atoms with Gasteiger partial charge in [0.15, 0.2) is 0 Å². The Bertz CT molecular complexity index is 816. The van der Waals surface area contributed by atoms with Gasteiger partial charge in [-0.25, -0.2) is 9.78 Å². The highest BCUT2D eigenvalue weighted by Gasteiger charge is 2.52. The number of hydrazine groups is 1. The fourth-order valence-electron chi connectivity index (χ4n) is 2.77. The van der Waals surface area contributed by atoms with Crippen LogP contribution in [0.5, 0.6) is 0 Å². The van der Waals surface area contributed by atoms with Crippen LogP contribution in [0.3, 0.4) is 0 Å². The number of nitrogens with one attached hydrogen (secondary N) is 2. The van der Waals surface area contributed by atoms with Gasteiger partial charge in [-0.15, -0.1) is 0 Å². The molecule has 7 nitrogen and oxygen atoms in total. The van der Waals surface area contributed by atoms with Gasteiger partial charge in [-0.3, -0.25) is 15.0 Å². The monoisotopic (exact) mass is 370 g/mol. The summed E-state index contributed by atoms with van der Waals surface area (Å²) in [6.45, 7) is 1.81. The number of hydrogen-bond donors (Lipinski definition) is 2. The highest BCUT2D eigenvalue weighted by molar-refractivity contribution is 7.99. The van der Waals surface area contributed by atoms with E-state index in [1.54, 1.807) is 42.6 Å². The van der Waals surface area contributed by atoms with Crippen molar-refractivity contribution in [3.63, 3.8) is 0 Å². The molecule has 0 aliphatic carbocycles. The van der Waals surface area contributed by atoms with E-state index in [-0.39, 0.29) is 5.75 Å². The van der Waals surface area contributed by atoms with Crippen molar-refractivity contribution in [2.75, 3.05) is 5.75 Å². The van der Waals surface area contributed by atoms with E-state index in [1.165, 1.54) is 11.8 Å². The van der Waals surface area contributed by atoms with Crippen LogP contribution in [0, 0.1) is 0 Å². The number of amides is 4. The minimum Gasteiger partial charge on any atom is -0.318 e. The van der Waals surface area contributed by atoms with E-state index in [9.17, 15) is 14.4 Å². The molecule has 2 aromatic rings. The number of rotatable bonds is 6. The molecule has 1 aromatic heterocycles. The Morgan fingerprint density at radius 1 is 1.19 bits per heavy atom. The predicted molar refractivity (Wildman–Crippen MR) is 96.9 cm³/mol. The van der Waals surface area contributed by atoms with Crippen LogP contribution in [0.15, 0.2) is 59.8 Å². The van der Waals surface area contributed by atoms with Crippen molar-refractivity contribution in [1.82, 2.24) is 20.7 Å². The lowest BCUT2D eigenvalue weighted by Gasteiger charge is -2.25. The van der Waals surface area contributed by atoms with E-state index in [4.69, 9.17) is 0 Å². The van der Waals surface area contributed by atoms with Crippen LogP contribution in [0.2, 0.25) is 0 Å². The molecular weight excluding hydrogens is 352 g/mol. The van der Waals surface area contributed by atoms with Gasteiger partial charge in [0.1, 0.15) is 5.54 Å². The Kier molecular flexibility index (Phi) is 5.22. The van der Waals surface area contributed by atoms with Crippen LogP contribution in [0.25, 0.3) is 0 Å². The molecule has 0 saturated carbocycles. The summed E-state index contributed by atoms with van der Waals surface area (Å²) in [6, 6.07) is 13.7. The fraction of sp³-hybridized carbons (Fsp3) is 0.222. The first kappa shape index (κ1) is 17.9. The average molecular weight is 370 g/mol. The molecule has 0 bridgehead atoms. The van der Waals surface area contributed by atoms with E-state index in [0.717, 1.165) is 5.01 Å². The number of hydrogen-bond acceptors (Lipinski definition) is 5. The third-order valence-electron chi connectivity index (χ3n) is 4.11. The van der Waals surface area contributed by atoms with E-state index in [2.05, 4.69) is 15.7 Å². The van der Waals surface area contributed by atoms with E-state index in [0.29, 0.717) is 17.0 Å². The SMILES string of the molecule is CC[C@]1(c2ccccc2)NC(=O)N(NC(=O)CSc2ccccn2)C1=O. The summed E-state index contributed by atoms with van der Waals surface area (Å²) in [5.74, 6) is -0.907. The van der Waals surface area contributed by atoms with E-state index >= 15 is 0 Å². The first-order valence-corrected chi connectivity index (χ1v) is 9.11. The second-order valence-corrected chi connectivity index (χ2v) is 6.68. The van der Waals surface area contributed by atoms with Crippen molar-refractivity contribution >= 4 is 29.6 Å². The minimum atomic E-state index is -1.17. The lowest BCUT2D eigenvalue weighted by molar-refractivity contribution is -0.138. The lowest BCUT2D eigenvalue weighted by Crippen LogP contribution is -2.49. The summed E-state index contributed by atoms with van der Waals surface area (Å²) >= 11 is 1.22. The normalized spacial score (nSPS) is 19.3. The molecule has 3 rings (SSSR count). The molecule has 26 heavy (non-hydrogen) atoms. The number of urea groups is 1. The summed E-state index contributed by atoms with van der Waals surface area (Å²) in [7, 11) is 0. The predicted octanol–water partition coefficient (Wildman–Crippen LogP) is 2.06. The van der Waals surface area contributed by atoms with Crippen molar-refractivity contribution in [2.45, 2.75) is 23.9 Å². The maximum Gasteiger partial charge on any atom is 0.344 e. The quantitative estimate of drug-likeness (QED) is 0.600. The van der Waals surface area contributed by atoms with Gasteiger partial charge in [0.25, 0.3) is 5.91 Å². The van der Waals surface area contributed by atoms with E-state index < -0.39 is 23.4 Å². The topological polar surface area (TPSA) is 91.4 Å². The number of nitrogens with zero attached hydrogens (tertiary/aromatic N) is 2. The van der Waals surface area contributed by atoms with Crippen LogP contribution in [-0.2, 0) is 15.1 Å². The van der Waals surface area contributed by atoms with Gasteiger partial charge in [-0.1, -0.05) is 55.1 Å². The Morgan fingerprint density at radius 3 is 2.58 bits per heavy atom. The third kappa shape index (κ3) is 3.41. The second kappa shape index (κ2) is 7.57. The average Bonchev–Trinajstić information content (AvgIpc) is 2.93. The van der Waals surface area contributed by atoms with Crippen LogP contribution in [0.1, 0.15) is 18.9 Å². The molecule has 134 valence electrons. The van der Waals surface area contributed by atoms with Crippen molar-refractivity contribution in [1.29, 1.82) is 0 Å². The summed E-state index contributed by atoms with van der Waals surface area (Å²) in [5.41, 5.74) is 1.91. The molecule has 1 fully saturated rings. The zero-order chi connectivity index (χ0) is 18.6. The molecule has 1 atom stereocenters. The number of pyridine rings is 1. The van der Waals surface area contributed by atoms with Gasteiger partial charge in [-0.05, 0) is 24.1 Å². The number of benzene rings is 1. The fourth-order valence-corrected chi connectivity index (χ4v) is 3.42. The zero-order valence-electron chi connectivity index (χ0n) is 14.1. The van der Waals surface area contributed by atoms with Gasteiger partial charge in [0, 0.05) is 6.20 Å². The minimum absolute atomic E-state index is 0.0402. The van der Waals surface area contributed by atoms with Gasteiger partial charge >= 0.3 is 6.03 Å². The molecule has 0 unspecified atom stereocenters. The molecule has 1 saturated heterocycles. The Balaban J connectivity index is 1.70. The number of carbonyl (C=O) groups excluding carboxylic acids is 3. The number of carbonyl (C=O) groups is 3. The zero-order valence-corrected chi connectivity index (χ0v) is 15.0. The summed E-state index contributed by atoms with van der Waals surface area (Å²) < 4.78 is 0. The number of thioether (sulfide) groups is 1. The molecule has 8 heteroatoms. The Labute approximate surface area is 155 Å². The van der Waals surface area contributed by atoms with Crippen LogP contribution < -0.4 is 10.7 Å². The molecule has 1 aliphatic heterocycles. The van der Waals surface area contributed by atoms with Gasteiger partial charge in [0.2, 0.25) is 5.91 Å². The standard InChI is InChI=1S/C18H18N4O3S/c1-2-18(13-8-4-3-5-9-13)16(24)22(17(25)20-18)21-14(23)12-26-15-10-6-7-11-19-15/h3-11H,2,12H2,1H3,(H,20,25)(H,21,23)/t18-/m1/s1. The highest BCUT2D eigenvalue weighted by Crippen LogP contribution is 2.31. The first-order valence-electron chi connectivity index (χ1n) is 8.12. The van der Waals surface area contributed by atoms with Crippen molar-refractivity contribution < 1.29 is 14.4 Å². The Hall–Kier alpha value is -2.87. The van der Waals surface area contributed by atoms with Crippen LogP contribution in [0.4, 0.5) is 4.79 Å². The Morgan fingerprint density at radius 2 is 1.92 bits per heavy atom. The molecule has 2 N–H and O–H groups in total. The lowest BCUT2D eigenvalue weighted by atomic mass is 9.87. The summed E-state index contributed by atoms with van der Waals surface area (Å²) in [5, 5.41) is 4.16. The number of imide groups is 1. The molecule has 0 radical (unpaired) electrons. The summed E-state index contributed by atoms with van der Waals surface area (Å²) in [4.78, 5) is 41.5. The van der Waals surface area contributed by atoms with Crippen LogP contribution in [-0.4, -0.2) is 33.6 Å². The maximum atomic E-state index is 12.9. The maximum absolute atomic E-state index is 12.9. The second-order valence-electron chi connectivity index (χ2n) is 5.69. The van der Waals surface area contributed by atoms with Crippen LogP contribution >= 0.6 is 11.8 Å². The molecule has 4 amide bonds. The highest BCUT2D eigenvalue weighted by atomic mass is 32.2. The largest absolute Gasteiger partial charge is 0.344 e. The number of aromatic nitrogens is 1. The van der Waals surface area contributed by atoms with Crippen molar-refractivity contribution in [2.24, 2.45) is 0 Å². The molecule has 1 aromatic carbocycles. The molecule has 0 spiro atoms. The van der Waals surface area contributed by atoms with Gasteiger partial charge in [-0.2, -0.15) is 5.01 Å². The van der Waals surface area contributed by atoms with E-state index in [1.807, 2.05) is 19.1 Å².